The highest BCUT2D eigenvalue weighted by Crippen LogP contribution is 2.18. The van der Waals surface area contributed by atoms with Crippen molar-refractivity contribution in [1.82, 2.24) is 0 Å². The van der Waals surface area contributed by atoms with Gasteiger partial charge in [-0.2, -0.15) is 0 Å². The van der Waals surface area contributed by atoms with E-state index in [-0.39, 0.29) is 31.1 Å². The Bertz CT molecular complexity index is 931. The number of unbranched alkanes of at least 4 members (excludes halogenated alkanes) is 29. The molecule has 0 heterocycles. The van der Waals surface area contributed by atoms with Crippen molar-refractivity contribution < 1.29 is 28.6 Å². The minimum absolute atomic E-state index is 0.0645. The molecule has 60 heavy (non-hydrogen) atoms. The van der Waals surface area contributed by atoms with Crippen molar-refractivity contribution >= 4 is 17.9 Å². The lowest BCUT2D eigenvalue weighted by atomic mass is 9.99. The predicted octanol–water partition coefficient (Wildman–Crippen LogP) is 17.2. The minimum Gasteiger partial charge on any atom is -0.462 e. The van der Waals surface area contributed by atoms with E-state index >= 15 is 0 Å². The van der Waals surface area contributed by atoms with Crippen LogP contribution in [0.5, 0.6) is 0 Å². The average Bonchev–Trinajstić information content (AvgIpc) is 3.22. The minimum atomic E-state index is -0.763. The normalized spacial score (nSPS) is 12.6. The van der Waals surface area contributed by atoms with Gasteiger partial charge < -0.3 is 14.2 Å². The van der Waals surface area contributed by atoms with Gasteiger partial charge in [-0.1, -0.05) is 253 Å². The molecule has 1 unspecified atom stereocenters. The van der Waals surface area contributed by atoms with Gasteiger partial charge in [-0.15, -0.1) is 0 Å². The molecule has 0 aromatic heterocycles. The smallest absolute Gasteiger partial charge is 0.306 e. The third kappa shape index (κ3) is 45.9. The molecule has 0 aliphatic rings. The van der Waals surface area contributed by atoms with Gasteiger partial charge in [-0.3, -0.25) is 14.4 Å². The van der Waals surface area contributed by atoms with Gasteiger partial charge in [0.25, 0.3) is 0 Å². The molecule has 0 N–H and O–H groups in total. The maximum Gasteiger partial charge on any atom is 0.306 e. The number of carbonyl (C=O) groups excluding carboxylic acids is 3. The van der Waals surface area contributed by atoms with Gasteiger partial charge >= 0.3 is 17.9 Å². The second-order valence-corrected chi connectivity index (χ2v) is 19.7. The lowest BCUT2D eigenvalue weighted by Crippen LogP contribution is -2.30. The highest BCUT2D eigenvalue weighted by Gasteiger charge is 2.19. The van der Waals surface area contributed by atoms with Crippen LogP contribution in [0.15, 0.2) is 0 Å². The second kappa shape index (κ2) is 45.4. The second-order valence-electron chi connectivity index (χ2n) is 19.7. The molecular formula is C54H104O6. The van der Waals surface area contributed by atoms with Crippen LogP contribution in [0.1, 0.15) is 292 Å². The summed E-state index contributed by atoms with van der Waals surface area (Å²) in [4.78, 5) is 38.0. The summed E-state index contributed by atoms with van der Waals surface area (Å²) in [6.45, 7) is 13.7. The molecule has 0 bridgehead atoms. The molecule has 0 aromatic rings. The molecule has 0 amide bonds. The molecule has 0 aliphatic carbocycles. The molecule has 2 atom stereocenters. The lowest BCUT2D eigenvalue weighted by Gasteiger charge is -2.18. The molecule has 0 saturated carbocycles. The molecule has 0 spiro atoms. The number of ether oxygens (including phenoxy) is 3. The SMILES string of the molecule is CCC(C)CCCCCCCCCCCCC(=O)O[C@H](COC(=O)CCCCCCCCCCCCCCC(C)C)COC(=O)CCCCCCCCCCCCC(C)C. The van der Waals surface area contributed by atoms with E-state index in [0.717, 1.165) is 75.5 Å². The Morgan fingerprint density at radius 2 is 0.583 bits per heavy atom. The van der Waals surface area contributed by atoms with Crippen LogP contribution < -0.4 is 0 Å². The lowest BCUT2D eigenvalue weighted by molar-refractivity contribution is -0.167. The van der Waals surface area contributed by atoms with E-state index in [4.69, 9.17) is 14.2 Å². The Hall–Kier alpha value is -1.59. The van der Waals surface area contributed by atoms with Gasteiger partial charge in [0.1, 0.15) is 13.2 Å². The topological polar surface area (TPSA) is 78.9 Å². The van der Waals surface area contributed by atoms with Crippen LogP contribution in [0.4, 0.5) is 0 Å². The first-order chi connectivity index (χ1) is 29.1. The van der Waals surface area contributed by atoms with Gasteiger partial charge in [-0.25, -0.2) is 0 Å². The van der Waals surface area contributed by atoms with Gasteiger partial charge in [0.15, 0.2) is 6.10 Å². The van der Waals surface area contributed by atoms with Crippen LogP contribution in [0.3, 0.4) is 0 Å². The van der Waals surface area contributed by atoms with Gasteiger partial charge in [-0.05, 0) is 37.0 Å². The Morgan fingerprint density at radius 3 is 0.867 bits per heavy atom. The third-order valence-corrected chi connectivity index (χ3v) is 12.5. The van der Waals surface area contributed by atoms with Crippen molar-refractivity contribution in [3.8, 4) is 0 Å². The number of rotatable bonds is 47. The molecule has 6 nitrogen and oxygen atoms in total. The maximum atomic E-state index is 12.8. The number of hydrogen-bond acceptors (Lipinski definition) is 6. The summed E-state index contributed by atoms with van der Waals surface area (Å²) in [6.07, 6.45) is 45.1. The Labute approximate surface area is 374 Å². The van der Waals surface area contributed by atoms with E-state index in [9.17, 15) is 14.4 Å². The van der Waals surface area contributed by atoms with Gasteiger partial charge in [0.05, 0.1) is 0 Å². The first-order valence-electron chi connectivity index (χ1n) is 26.6. The molecule has 0 fully saturated rings. The van der Waals surface area contributed by atoms with Gasteiger partial charge in [0.2, 0.25) is 0 Å². The summed E-state index contributed by atoms with van der Waals surface area (Å²) in [7, 11) is 0. The van der Waals surface area contributed by atoms with Crippen molar-refractivity contribution in [2.45, 2.75) is 298 Å². The largest absolute Gasteiger partial charge is 0.462 e. The fourth-order valence-electron chi connectivity index (χ4n) is 8.08. The molecule has 0 aromatic carbocycles. The summed E-state index contributed by atoms with van der Waals surface area (Å²) >= 11 is 0. The summed E-state index contributed by atoms with van der Waals surface area (Å²) in [5.41, 5.74) is 0. The van der Waals surface area contributed by atoms with Crippen LogP contribution in [0, 0.1) is 17.8 Å². The highest BCUT2D eigenvalue weighted by molar-refractivity contribution is 5.71. The van der Waals surface area contributed by atoms with E-state index in [0.29, 0.717) is 19.3 Å². The summed E-state index contributed by atoms with van der Waals surface area (Å²) < 4.78 is 16.8. The Kier molecular flexibility index (Phi) is 44.2. The van der Waals surface area contributed by atoms with Crippen LogP contribution >= 0.6 is 0 Å². The standard InChI is InChI=1S/C54H104O6/c1-7-50(6)42-36-30-24-18-13-15-21-27-33-39-45-54(57)60-51(47-59-53(56)44-38-32-26-20-14-12-17-23-29-35-41-49(4)5)46-58-52(55)43-37-31-25-19-11-9-8-10-16-22-28-34-40-48(2)3/h48-51H,7-47H2,1-6H3/t50?,51-/m1/s1. The Morgan fingerprint density at radius 1 is 0.333 bits per heavy atom. The third-order valence-electron chi connectivity index (χ3n) is 12.5. The van der Waals surface area contributed by atoms with Crippen LogP contribution in [-0.2, 0) is 28.6 Å². The fourth-order valence-corrected chi connectivity index (χ4v) is 8.08. The molecule has 6 heteroatoms. The summed E-state index contributed by atoms with van der Waals surface area (Å²) in [5.74, 6) is 1.67. The van der Waals surface area contributed by atoms with Crippen molar-refractivity contribution in [3.63, 3.8) is 0 Å². The quantitative estimate of drug-likeness (QED) is 0.0345. The van der Waals surface area contributed by atoms with E-state index < -0.39 is 6.10 Å². The van der Waals surface area contributed by atoms with Crippen molar-refractivity contribution in [2.75, 3.05) is 13.2 Å². The molecule has 0 radical (unpaired) electrons. The zero-order valence-corrected chi connectivity index (χ0v) is 41.3. The predicted molar refractivity (Wildman–Crippen MR) is 256 cm³/mol. The van der Waals surface area contributed by atoms with Crippen LogP contribution in [0.25, 0.3) is 0 Å². The van der Waals surface area contributed by atoms with E-state index in [1.165, 1.54) is 173 Å². The average molecular weight is 849 g/mol. The molecule has 356 valence electrons. The van der Waals surface area contributed by atoms with E-state index in [1.54, 1.807) is 0 Å². The highest BCUT2D eigenvalue weighted by atomic mass is 16.6. The van der Waals surface area contributed by atoms with Crippen LogP contribution in [0.2, 0.25) is 0 Å². The number of hydrogen-bond donors (Lipinski definition) is 0. The molecule has 0 saturated heterocycles. The van der Waals surface area contributed by atoms with Crippen molar-refractivity contribution in [3.05, 3.63) is 0 Å². The van der Waals surface area contributed by atoms with E-state index in [2.05, 4.69) is 41.5 Å². The summed E-state index contributed by atoms with van der Waals surface area (Å²) in [6, 6.07) is 0. The number of carbonyl (C=O) groups is 3. The first-order valence-corrected chi connectivity index (χ1v) is 26.6. The molecule has 0 rings (SSSR count). The molecular weight excluding hydrogens is 745 g/mol. The maximum absolute atomic E-state index is 12.8. The first kappa shape index (κ1) is 58.4. The fraction of sp³-hybridized carbons (Fsp3) is 0.944. The summed E-state index contributed by atoms with van der Waals surface area (Å²) in [5, 5.41) is 0. The van der Waals surface area contributed by atoms with Gasteiger partial charge in [0, 0.05) is 19.3 Å². The monoisotopic (exact) mass is 849 g/mol. The van der Waals surface area contributed by atoms with E-state index in [1.807, 2.05) is 0 Å². The Balaban J connectivity index is 4.33. The molecule has 0 aliphatic heterocycles. The van der Waals surface area contributed by atoms with Crippen molar-refractivity contribution in [2.24, 2.45) is 17.8 Å². The number of esters is 3. The zero-order valence-electron chi connectivity index (χ0n) is 41.3. The van der Waals surface area contributed by atoms with Crippen molar-refractivity contribution in [1.29, 1.82) is 0 Å². The zero-order chi connectivity index (χ0) is 44.2. The van der Waals surface area contributed by atoms with Crippen LogP contribution in [-0.4, -0.2) is 37.2 Å².